The first-order chi connectivity index (χ1) is 32.8. The number of nitrogens with two attached hydrogens (primary N) is 2. The minimum Gasteiger partial charge on any atom is -0.444 e. The van der Waals surface area contributed by atoms with Crippen LogP contribution in [0.4, 0.5) is 28.8 Å². The fraction of sp³-hybridized carbons (Fsp3) is 0.885. The Balaban J connectivity index is 6.15. The Labute approximate surface area is 434 Å². The lowest BCUT2D eigenvalue weighted by Gasteiger charge is -2.31. The second-order valence-electron chi connectivity index (χ2n) is 24.2. The largest absolute Gasteiger partial charge is 0.444 e. The standard InChI is InChI=1S/C52H102N8O12/c1-47(2,3)67-41(61)55(33-23-37-59(45(65)71-51(13,14)15)39-25-35-57(31-21-27-53)43(63)69-49(7,8)9)29-19-20-30-56(42(62)68-48(4,5)6)34-24-38-60(46(66)72-52(16,17)18)40-26-36-58(32-22-28-54)44(64)70-50(10,11)12/h19-40,53-54H2,1-18H3. The van der Waals surface area contributed by atoms with E-state index in [1.54, 1.807) is 112 Å². The molecule has 0 aliphatic heterocycles. The summed E-state index contributed by atoms with van der Waals surface area (Å²) < 4.78 is 34.4. The van der Waals surface area contributed by atoms with E-state index in [-0.39, 0.29) is 26.2 Å². The van der Waals surface area contributed by atoms with E-state index in [4.69, 9.17) is 39.9 Å². The SMILES string of the molecule is CC(C)(C)OC(=O)N(CCCN)CCCN(CCCN(CCCCN(CCCN(CCCN(CCCN)C(=O)OC(C)(C)C)C(=O)OC(C)(C)C)C(=O)OC(C)(C)C)C(=O)OC(C)(C)C)C(=O)OC(C)(C)C. The number of amides is 6. The maximum absolute atomic E-state index is 13.6. The van der Waals surface area contributed by atoms with Crippen LogP contribution in [0, 0.1) is 0 Å². The van der Waals surface area contributed by atoms with E-state index < -0.39 is 70.2 Å². The van der Waals surface area contributed by atoms with Gasteiger partial charge in [0, 0.05) is 78.5 Å². The highest BCUT2D eigenvalue weighted by molar-refractivity contribution is 5.70. The van der Waals surface area contributed by atoms with Gasteiger partial charge >= 0.3 is 36.6 Å². The Bertz CT molecular complexity index is 1510. The van der Waals surface area contributed by atoms with Gasteiger partial charge in [-0.05, 0) is 189 Å². The molecule has 0 radical (unpaired) electrons. The van der Waals surface area contributed by atoms with Crippen molar-refractivity contribution in [3.8, 4) is 0 Å². The van der Waals surface area contributed by atoms with Crippen LogP contribution < -0.4 is 11.5 Å². The normalized spacial score (nSPS) is 12.3. The molecule has 6 amide bonds. The van der Waals surface area contributed by atoms with Crippen LogP contribution in [0.3, 0.4) is 0 Å². The van der Waals surface area contributed by atoms with E-state index >= 15 is 0 Å². The van der Waals surface area contributed by atoms with Crippen molar-refractivity contribution in [1.82, 2.24) is 29.4 Å². The first kappa shape index (κ1) is 67.5. The van der Waals surface area contributed by atoms with Crippen LogP contribution in [-0.4, -0.2) is 191 Å². The predicted molar refractivity (Wildman–Crippen MR) is 282 cm³/mol. The van der Waals surface area contributed by atoms with Crippen molar-refractivity contribution >= 4 is 36.6 Å². The molecule has 0 saturated carbocycles. The Morgan fingerprint density at radius 3 is 0.500 bits per heavy atom. The zero-order chi connectivity index (χ0) is 55.7. The fourth-order valence-corrected chi connectivity index (χ4v) is 6.70. The second kappa shape index (κ2) is 31.3. The van der Waals surface area contributed by atoms with Crippen molar-refractivity contribution < 1.29 is 57.2 Å². The van der Waals surface area contributed by atoms with Gasteiger partial charge in [0.1, 0.15) is 33.6 Å². The summed E-state index contributed by atoms with van der Waals surface area (Å²) in [4.78, 5) is 89.9. The minimum atomic E-state index is -0.759. The summed E-state index contributed by atoms with van der Waals surface area (Å²) in [6, 6.07) is 0. The Morgan fingerprint density at radius 2 is 0.375 bits per heavy atom. The molecular weight excluding hydrogens is 929 g/mol. The molecule has 0 unspecified atom stereocenters. The van der Waals surface area contributed by atoms with Crippen molar-refractivity contribution in [2.75, 3.05) is 91.6 Å². The van der Waals surface area contributed by atoms with Gasteiger partial charge in [0.15, 0.2) is 0 Å². The summed E-state index contributed by atoms with van der Waals surface area (Å²) in [5.41, 5.74) is 7.16. The Morgan fingerprint density at radius 1 is 0.250 bits per heavy atom. The van der Waals surface area contributed by atoms with Gasteiger partial charge in [0.25, 0.3) is 0 Å². The molecule has 0 aliphatic carbocycles. The number of carbonyl (C=O) groups excluding carboxylic acids is 6. The third-order valence-electron chi connectivity index (χ3n) is 9.70. The van der Waals surface area contributed by atoms with Crippen LogP contribution in [0.25, 0.3) is 0 Å². The molecular formula is C52H102N8O12. The molecule has 0 rings (SSSR count). The van der Waals surface area contributed by atoms with Crippen molar-refractivity contribution in [1.29, 1.82) is 0 Å². The highest BCUT2D eigenvalue weighted by Gasteiger charge is 2.29. The monoisotopic (exact) mass is 1030 g/mol. The summed E-state index contributed by atoms with van der Waals surface area (Å²) in [6.07, 6.45) is 1.05. The quantitative estimate of drug-likeness (QED) is 0.0577. The third kappa shape index (κ3) is 34.8. The molecule has 72 heavy (non-hydrogen) atoms. The predicted octanol–water partition coefficient (Wildman–Crippen LogP) is 9.45. The van der Waals surface area contributed by atoms with Gasteiger partial charge in [-0.1, -0.05) is 0 Å². The average Bonchev–Trinajstić information content (AvgIpc) is 3.17. The molecule has 0 bridgehead atoms. The first-order valence-electron chi connectivity index (χ1n) is 26.1. The molecule has 0 spiro atoms. The van der Waals surface area contributed by atoms with E-state index in [2.05, 4.69) is 0 Å². The summed E-state index contributed by atoms with van der Waals surface area (Å²) in [5.74, 6) is 0. The van der Waals surface area contributed by atoms with Crippen LogP contribution in [0.5, 0.6) is 0 Å². The molecule has 422 valence electrons. The summed E-state index contributed by atoms with van der Waals surface area (Å²) in [5, 5.41) is 0. The summed E-state index contributed by atoms with van der Waals surface area (Å²) in [7, 11) is 0. The third-order valence-corrected chi connectivity index (χ3v) is 9.70. The van der Waals surface area contributed by atoms with Crippen molar-refractivity contribution in [2.24, 2.45) is 11.5 Å². The zero-order valence-electron chi connectivity index (χ0n) is 48.3. The maximum atomic E-state index is 13.6. The molecule has 20 nitrogen and oxygen atoms in total. The lowest BCUT2D eigenvalue weighted by atomic mass is 10.2. The number of nitrogens with zero attached hydrogens (tertiary/aromatic N) is 6. The Hall–Kier alpha value is -4.46. The number of hydrogen-bond donors (Lipinski definition) is 2. The molecule has 0 saturated heterocycles. The molecule has 0 aromatic carbocycles. The molecule has 4 N–H and O–H groups in total. The Kier molecular flexibility index (Phi) is 29.4. The topological polar surface area (TPSA) is 229 Å². The maximum Gasteiger partial charge on any atom is 0.410 e. The van der Waals surface area contributed by atoms with Crippen LogP contribution in [-0.2, 0) is 28.4 Å². The van der Waals surface area contributed by atoms with E-state index in [1.165, 1.54) is 0 Å². The van der Waals surface area contributed by atoms with Gasteiger partial charge in [0.05, 0.1) is 0 Å². The van der Waals surface area contributed by atoms with Crippen LogP contribution in [0.2, 0.25) is 0 Å². The van der Waals surface area contributed by atoms with Gasteiger partial charge in [-0.15, -0.1) is 0 Å². The highest BCUT2D eigenvalue weighted by atomic mass is 16.6. The number of ether oxygens (including phenoxy) is 6. The van der Waals surface area contributed by atoms with E-state index in [0.717, 1.165) is 0 Å². The molecule has 0 aromatic heterocycles. The number of unbranched alkanes of at least 4 members (excludes halogenated alkanes) is 1. The smallest absolute Gasteiger partial charge is 0.410 e. The van der Waals surface area contributed by atoms with Gasteiger partial charge in [0.2, 0.25) is 0 Å². The molecule has 20 heteroatoms. The number of rotatable bonds is 27. The number of carbonyl (C=O) groups is 6. The number of hydrogen-bond acceptors (Lipinski definition) is 14. The molecule has 0 fully saturated rings. The lowest BCUT2D eigenvalue weighted by molar-refractivity contribution is 0.0148. The second-order valence-corrected chi connectivity index (χ2v) is 24.2. The first-order valence-corrected chi connectivity index (χ1v) is 26.1. The molecule has 0 heterocycles. The molecule has 0 atom stereocenters. The van der Waals surface area contributed by atoms with Gasteiger partial charge in [-0.25, -0.2) is 28.8 Å². The molecule has 0 aliphatic rings. The average molecular weight is 1030 g/mol. The van der Waals surface area contributed by atoms with E-state index in [1.807, 2.05) is 41.5 Å². The lowest BCUT2D eigenvalue weighted by Crippen LogP contribution is -2.43. The van der Waals surface area contributed by atoms with Crippen molar-refractivity contribution in [2.45, 2.75) is 210 Å². The van der Waals surface area contributed by atoms with Gasteiger partial charge in [-0.2, -0.15) is 0 Å². The highest BCUT2D eigenvalue weighted by Crippen LogP contribution is 2.18. The van der Waals surface area contributed by atoms with Crippen LogP contribution >= 0.6 is 0 Å². The van der Waals surface area contributed by atoms with Crippen molar-refractivity contribution in [3.63, 3.8) is 0 Å². The van der Waals surface area contributed by atoms with Crippen LogP contribution in [0.1, 0.15) is 176 Å². The van der Waals surface area contributed by atoms with Crippen molar-refractivity contribution in [3.05, 3.63) is 0 Å². The molecule has 0 aromatic rings. The summed E-state index contributed by atoms with van der Waals surface area (Å²) >= 11 is 0. The van der Waals surface area contributed by atoms with Gasteiger partial charge in [-0.3, -0.25) is 0 Å². The summed E-state index contributed by atoms with van der Waals surface area (Å²) in [6.45, 7) is 37.0. The van der Waals surface area contributed by atoms with E-state index in [9.17, 15) is 28.8 Å². The van der Waals surface area contributed by atoms with Crippen LogP contribution in [0.15, 0.2) is 0 Å². The van der Waals surface area contributed by atoms with Gasteiger partial charge < -0.3 is 69.3 Å². The fourth-order valence-electron chi connectivity index (χ4n) is 6.70. The minimum absolute atomic E-state index is 0.270. The van der Waals surface area contributed by atoms with E-state index in [0.29, 0.717) is 117 Å². The zero-order valence-corrected chi connectivity index (χ0v) is 48.3.